The second kappa shape index (κ2) is 5.46. The summed E-state index contributed by atoms with van der Waals surface area (Å²) in [5.74, 6) is 0.496. The van der Waals surface area contributed by atoms with Gasteiger partial charge in [0.15, 0.2) is 15.7 Å². The number of anilines is 2. The van der Waals surface area contributed by atoms with Crippen molar-refractivity contribution in [2.24, 2.45) is 0 Å². The maximum Gasteiger partial charge on any atom is 0.179 e. The number of pyridine rings is 1. The standard InChI is InChI=1S/C15H17N3O2S/c1-21(19,20)14-7-4-8-17-15(14)18-10-9-16-11-12-5-2-3-6-13(12)18/h2-8,16H,9-11H2,1H3. The molecular weight excluding hydrogens is 286 g/mol. The molecule has 0 aliphatic carbocycles. The number of hydrogen-bond acceptors (Lipinski definition) is 5. The molecule has 0 saturated heterocycles. The van der Waals surface area contributed by atoms with Crippen molar-refractivity contribution >= 4 is 21.3 Å². The average Bonchev–Trinajstić information content (AvgIpc) is 2.68. The molecule has 0 atom stereocenters. The summed E-state index contributed by atoms with van der Waals surface area (Å²) < 4.78 is 24.0. The molecule has 1 aromatic heterocycles. The monoisotopic (exact) mass is 303 g/mol. The number of rotatable bonds is 2. The molecule has 1 N–H and O–H groups in total. The van der Waals surface area contributed by atoms with Crippen LogP contribution in [0, 0.1) is 0 Å². The highest BCUT2D eigenvalue weighted by Crippen LogP contribution is 2.32. The molecule has 0 unspecified atom stereocenters. The van der Waals surface area contributed by atoms with E-state index in [9.17, 15) is 8.42 Å². The van der Waals surface area contributed by atoms with Gasteiger partial charge in [0.25, 0.3) is 0 Å². The Labute approximate surface area is 124 Å². The van der Waals surface area contributed by atoms with Crippen molar-refractivity contribution in [2.45, 2.75) is 11.4 Å². The van der Waals surface area contributed by atoms with Gasteiger partial charge in [0.1, 0.15) is 4.90 Å². The lowest BCUT2D eigenvalue weighted by Crippen LogP contribution is -2.26. The minimum Gasteiger partial charge on any atom is -0.324 e. The van der Waals surface area contributed by atoms with E-state index in [-0.39, 0.29) is 4.90 Å². The van der Waals surface area contributed by atoms with Crippen LogP contribution in [0.25, 0.3) is 0 Å². The Hall–Kier alpha value is -1.92. The quantitative estimate of drug-likeness (QED) is 0.915. The Morgan fingerprint density at radius 1 is 1.19 bits per heavy atom. The number of para-hydroxylation sites is 1. The molecule has 1 aromatic carbocycles. The zero-order valence-electron chi connectivity index (χ0n) is 11.8. The SMILES string of the molecule is CS(=O)(=O)c1cccnc1N1CCNCc2ccccc21. The van der Waals surface area contributed by atoms with Crippen LogP contribution in [0.2, 0.25) is 0 Å². The number of nitrogens with one attached hydrogen (secondary N) is 1. The molecule has 0 radical (unpaired) electrons. The maximum absolute atomic E-state index is 12.0. The summed E-state index contributed by atoms with van der Waals surface area (Å²) >= 11 is 0. The van der Waals surface area contributed by atoms with Gasteiger partial charge in [0.2, 0.25) is 0 Å². The van der Waals surface area contributed by atoms with E-state index in [2.05, 4.69) is 10.3 Å². The number of nitrogens with zero attached hydrogens (tertiary/aromatic N) is 2. The number of fused-ring (bicyclic) bond motifs is 1. The third-order valence-electron chi connectivity index (χ3n) is 3.52. The van der Waals surface area contributed by atoms with Crippen LogP contribution in [0.3, 0.4) is 0 Å². The highest BCUT2D eigenvalue weighted by molar-refractivity contribution is 7.90. The Bertz CT molecular complexity index is 759. The zero-order chi connectivity index (χ0) is 14.9. The third-order valence-corrected chi connectivity index (χ3v) is 4.63. The second-order valence-corrected chi connectivity index (χ2v) is 7.04. The smallest absolute Gasteiger partial charge is 0.179 e. The van der Waals surface area contributed by atoms with Crippen molar-refractivity contribution in [1.29, 1.82) is 0 Å². The van der Waals surface area contributed by atoms with Gasteiger partial charge in [-0.3, -0.25) is 0 Å². The van der Waals surface area contributed by atoms with Crippen LogP contribution in [-0.2, 0) is 16.4 Å². The molecule has 1 aliphatic heterocycles. The van der Waals surface area contributed by atoms with E-state index in [4.69, 9.17) is 0 Å². The summed E-state index contributed by atoms with van der Waals surface area (Å²) in [5, 5.41) is 3.34. The van der Waals surface area contributed by atoms with E-state index in [0.29, 0.717) is 12.4 Å². The fourth-order valence-corrected chi connectivity index (χ4v) is 3.37. The summed E-state index contributed by atoms with van der Waals surface area (Å²) in [6.45, 7) is 2.22. The first kappa shape index (κ1) is 14.0. The Kier molecular flexibility index (Phi) is 3.65. The van der Waals surface area contributed by atoms with Crippen molar-refractivity contribution < 1.29 is 8.42 Å². The van der Waals surface area contributed by atoms with Crippen molar-refractivity contribution in [2.75, 3.05) is 24.2 Å². The third kappa shape index (κ3) is 2.77. The fourth-order valence-electron chi connectivity index (χ4n) is 2.55. The van der Waals surface area contributed by atoms with Crippen LogP contribution >= 0.6 is 0 Å². The second-order valence-electron chi connectivity index (χ2n) is 5.05. The summed E-state index contributed by atoms with van der Waals surface area (Å²) in [7, 11) is -3.32. The highest BCUT2D eigenvalue weighted by atomic mass is 32.2. The van der Waals surface area contributed by atoms with Crippen LogP contribution in [0.5, 0.6) is 0 Å². The average molecular weight is 303 g/mol. The number of hydrogen-bond donors (Lipinski definition) is 1. The van der Waals surface area contributed by atoms with Gasteiger partial charge in [-0.05, 0) is 23.8 Å². The molecule has 2 heterocycles. The Morgan fingerprint density at radius 3 is 2.81 bits per heavy atom. The van der Waals surface area contributed by atoms with E-state index in [1.165, 1.54) is 6.26 Å². The fraction of sp³-hybridized carbons (Fsp3) is 0.267. The van der Waals surface area contributed by atoms with Crippen molar-refractivity contribution in [3.63, 3.8) is 0 Å². The number of aromatic nitrogens is 1. The van der Waals surface area contributed by atoms with Crippen LogP contribution in [-0.4, -0.2) is 32.7 Å². The lowest BCUT2D eigenvalue weighted by molar-refractivity contribution is 0.601. The van der Waals surface area contributed by atoms with Crippen LogP contribution in [0.15, 0.2) is 47.5 Å². The largest absolute Gasteiger partial charge is 0.324 e. The predicted octanol–water partition coefficient (Wildman–Crippen LogP) is 1.73. The van der Waals surface area contributed by atoms with E-state index in [1.54, 1.807) is 18.3 Å². The molecular formula is C15H17N3O2S. The topological polar surface area (TPSA) is 62.3 Å². The minimum atomic E-state index is -3.32. The molecule has 2 aromatic rings. The zero-order valence-corrected chi connectivity index (χ0v) is 12.6. The summed E-state index contributed by atoms with van der Waals surface area (Å²) in [6.07, 6.45) is 2.85. The first-order valence-corrected chi connectivity index (χ1v) is 8.68. The van der Waals surface area contributed by atoms with Gasteiger partial charge in [-0.25, -0.2) is 13.4 Å². The first-order valence-electron chi connectivity index (χ1n) is 6.78. The van der Waals surface area contributed by atoms with E-state index >= 15 is 0 Å². The van der Waals surface area contributed by atoms with Gasteiger partial charge in [-0.1, -0.05) is 18.2 Å². The van der Waals surface area contributed by atoms with Gasteiger partial charge in [-0.2, -0.15) is 0 Å². The lowest BCUT2D eigenvalue weighted by Gasteiger charge is -2.25. The number of sulfone groups is 1. The van der Waals surface area contributed by atoms with Crippen molar-refractivity contribution in [1.82, 2.24) is 10.3 Å². The molecule has 0 amide bonds. The van der Waals surface area contributed by atoms with Crippen molar-refractivity contribution in [3.8, 4) is 0 Å². The van der Waals surface area contributed by atoms with Gasteiger partial charge >= 0.3 is 0 Å². The predicted molar refractivity (Wildman–Crippen MR) is 82.5 cm³/mol. The van der Waals surface area contributed by atoms with Crippen molar-refractivity contribution in [3.05, 3.63) is 48.2 Å². The molecule has 21 heavy (non-hydrogen) atoms. The van der Waals surface area contributed by atoms with Gasteiger partial charge in [-0.15, -0.1) is 0 Å². The molecule has 110 valence electrons. The highest BCUT2D eigenvalue weighted by Gasteiger charge is 2.23. The molecule has 0 saturated carbocycles. The molecule has 5 nitrogen and oxygen atoms in total. The first-order chi connectivity index (χ1) is 10.1. The summed E-state index contributed by atoms with van der Waals surface area (Å²) in [5.41, 5.74) is 2.14. The molecule has 1 aliphatic rings. The molecule has 0 spiro atoms. The maximum atomic E-state index is 12.0. The van der Waals surface area contributed by atoms with Gasteiger partial charge < -0.3 is 10.2 Å². The summed E-state index contributed by atoms with van der Waals surface area (Å²) in [4.78, 5) is 6.57. The lowest BCUT2D eigenvalue weighted by atomic mass is 10.1. The van der Waals surface area contributed by atoms with Gasteiger partial charge in [0.05, 0.1) is 0 Å². The summed E-state index contributed by atoms with van der Waals surface area (Å²) in [6, 6.07) is 11.3. The van der Waals surface area contributed by atoms with E-state index in [1.807, 2.05) is 29.2 Å². The molecule has 0 bridgehead atoms. The minimum absolute atomic E-state index is 0.265. The molecule has 3 rings (SSSR count). The van der Waals surface area contributed by atoms with Crippen LogP contribution < -0.4 is 10.2 Å². The normalized spacial score (nSPS) is 15.4. The Balaban J connectivity index is 2.18. The van der Waals surface area contributed by atoms with E-state index < -0.39 is 9.84 Å². The van der Waals surface area contributed by atoms with E-state index in [0.717, 1.165) is 24.3 Å². The van der Waals surface area contributed by atoms with Crippen LogP contribution in [0.1, 0.15) is 5.56 Å². The van der Waals surface area contributed by atoms with Gasteiger partial charge in [0, 0.05) is 37.8 Å². The molecule has 6 heteroatoms. The molecule has 0 fully saturated rings. The number of benzene rings is 1. The van der Waals surface area contributed by atoms with Crippen LogP contribution in [0.4, 0.5) is 11.5 Å². The Morgan fingerprint density at radius 2 is 2.00 bits per heavy atom.